The maximum atomic E-state index is 12.2. The number of urea groups is 1. The zero-order valence-electron chi connectivity index (χ0n) is 12.4. The molecule has 3 unspecified atom stereocenters. The second-order valence-electron chi connectivity index (χ2n) is 5.74. The van der Waals surface area contributed by atoms with E-state index in [1.54, 1.807) is 11.8 Å². The van der Waals surface area contributed by atoms with Crippen LogP contribution in [0.5, 0.6) is 0 Å². The highest BCUT2D eigenvalue weighted by Crippen LogP contribution is 2.18. The lowest BCUT2D eigenvalue weighted by atomic mass is 10.2. The molecule has 3 N–H and O–H groups in total. The van der Waals surface area contributed by atoms with E-state index < -0.39 is 12.1 Å². The summed E-state index contributed by atoms with van der Waals surface area (Å²) in [5, 5.41) is 21.1. The Morgan fingerprint density at radius 2 is 2.10 bits per heavy atom. The fourth-order valence-electron chi connectivity index (χ4n) is 2.44. The van der Waals surface area contributed by atoms with Crippen molar-refractivity contribution in [1.82, 2.24) is 15.1 Å². The smallest absolute Gasteiger partial charge is 0.317 e. The SMILES string of the molecule is CC(CCC(=O)O)NC(=O)N1CC(O)CC1CN(C)C. The van der Waals surface area contributed by atoms with Crippen molar-refractivity contribution in [2.75, 3.05) is 27.2 Å². The van der Waals surface area contributed by atoms with Crippen molar-refractivity contribution < 1.29 is 19.8 Å². The van der Waals surface area contributed by atoms with Crippen LogP contribution in [0.25, 0.3) is 0 Å². The van der Waals surface area contributed by atoms with Crippen molar-refractivity contribution in [1.29, 1.82) is 0 Å². The maximum Gasteiger partial charge on any atom is 0.317 e. The zero-order chi connectivity index (χ0) is 15.3. The van der Waals surface area contributed by atoms with Gasteiger partial charge in [-0.15, -0.1) is 0 Å². The van der Waals surface area contributed by atoms with Crippen LogP contribution in [-0.4, -0.2) is 77.4 Å². The summed E-state index contributed by atoms with van der Waals surface area (Å²) < 4.78 is 0. The number of aliphatic hydroxyl groups excluding tert-OH is 1. The van der Waals surface area contributed by atoms with Gasteiger partial charge in [-0.1, -0.05) is 0 Å². The minimum absolute atomic E-state index is 0.00771. The lowest BCUT2D eigenvalue weighted by Crippen LogP contribution is -2.48. The number of nitrogens with one attached hydrogen (secondary N) is 1. The van der Waals surface area contributed by atoms with Gasteiger partial charge in [0.05, 0.1) is 6.10 Å². The highest BCUT2D eigenvalue weighted by atomic mass is 16.4. The lowest BCUT2D eigenvalue weighted by Gasteiger charge is -2.28. The Hall–Kier alpha value is -1.34. The van der Waals surface area contributed by atoms with Gasteiger partial charge in [-0.25, -0.2) is 4.79 Å². The number of nitrogens with zero attached hydrogens (tertiary/aromatic N) is 2. The Labute approximate surface area is 119 Å². The standard InChI is InChI=1S/C13H25N3O4/c1-9(4-5-12(18)19)14-13(20)16-8-11(17)6-10(16)7-15(2)3/h9-11,17H,4-8H2,1-3H3,(H,14,20)(H,18,19). The summed E-state index contributed by atoms with van der Waals surface area (Å²) in [4.78, 5) is 26.3. The van der Waals surface area contributed by atoms with Gasteiger partial charge in [-0.05, 0) is 33.9 Å². The number of aliphatic hydroxyl groups is 1. The maximum absolute atomic E-state index is 12.2. The third kappa shape index (κ3) is 5.34. The van der Waals surface area contributed by atoms with Gasteiger partial charge in [0.25, 0.3) is 0 Å². The highest BCUT2D eigenvalue weighted by Gasteiger charge is 2.34. The van der Waals surface area contributed by atoms with Gasteiger partial charge >= 0.3 is 12.0 Å². The van der Waals surface area contributed by atoms with Gasteiger partial charge in [0.15, 0.2) is 0 Å². The Balaban J connectivity index is 2.49. The molecule has 0 aliphatic carbocycles. The Bertz CT molecular complexity index is 349. The molecule has 0 saturated carbocycles. The molecule has 0 aromatic rings. The van der Waals surface area contributed by atoms with Crippen LogP contribution in [0.4, 0.5) is 4.79 Å². The number of hydrogen-bond acceptors (Lipinski definition) is 4. The molecule has 3 atom stereocenters. The number of carbonyl (C=O) groups is 2. The number of carbonyl (C=O) groups excluding carboxylic acids is 1. The van der Waals surface area contributed by atoms with E-state index >= 15 is 0 Å². The van der Waals surface area contributed by atoms with E-state index in [-0.39, 0.29) is 24.5 Å². The molecule has 1 aliphatic heterocycles. The fraction of sp³-hybridized carbons (Fsp3) is 0.846. The highest BCUT2D eigenvalue weighted by molar-refractivity contribution is 5.75. The predicted molar refractivity (Wildman–Crippen MR) is 74.5 cm³/mol. The second-order valence-corrected chi connectivity index (χ2v) is 5.74. The molecule has 20 heavy (non-hydrogen) atoms. The van der Waals surface area contributed by atoms with Gasteiger partial charge in [0.2, 0.25) is 0 Å². The first-order valence-electron chi connectivity index (χ1n) is 6.91. The molecule has 0 spiro atoms. The first kappa shape index (κ1) is 16.7. The molecule has 0 bridgehead atoms. The van der Waals surface area contributed by atoms with Crippen molar-refractivity contribution in [3.8, 4) is 0 Å². The molecular weight excluding hydrogens is 262 g/mol. The van der Waals surface area contributed by atoms with Crippen LogP contribution in [0.1, 0.15) is 26.2 Å². The zero-order valence-corrected chi connectivity index (χ0v) is 12.4. The number of likely N-dealkylation sites (N-methyl/N-ethyl adjacent to an activating group) is 1. The molecule has 0 aromatic heterocycles. The van der Waals surface area contributed by atoms with Crippen molar-refractivity contribution in [2.45, 2.75) is 44.4 Å². The molecule has 1 fully saturated rings. The average Bonchev–Trinajstić information content (AvgIpc) is 2.66. The van der Waals surface area contributed by atoms with Crippen molar-refractivity contribution in [3.05, 3.63) is 0 Å². The number of aliphatic carboxylic acids is 1. The third-order valence-corrected chi connectivity index (χ3v) is 3.39. The van der Waals surface area contributed by atoms with Crippen LogP contribution in [0, 0.1) is 0 Å². The normalized spacial score (nSPS) is 23.9. The third-order valence-electron chi connectivity index (χ3n) is 3.39. The van der Waals surface area contributed by atoms with Gasteiger partial charge in [-0.2, -0.15) is 0 Å². The van der Waals surface area contributed by atoms with Crippen molar-refractivity contribution in [3.63, 3.8) is 0 Å². The number of carboxylic acids is 1. The molecular formula is C13H25N3O4. The first-order chi connectivity index (χ1) is 9.29. The number of carboxylic acid groups (broad SMARTS) is 1. The van der Waals surface area contributed by atoms with E-state index in [0.29, 0.717) is 25.9 Å². The largest absolute Gasteiger partial charge is 0.481 e. The molecule has 0 radical (unpaired) electrons. The summed E-state index contributed by atoms with van der Waals surface area (Å²) in [6.45, 7) is 2.82. The Morgan fingerprint density at radius 3 is 2.65 bits per heavy atom. The van der Waals surface area contributed by atoms with E-state index in [2.05, 4.69) is 5.32 Å². The van der Waals surface area contributed by atoms with Crippen LogP contribution >= 0.6 is 0 Å². The minimum atomic E-state index is -0.867. The second kappa shape index (κ2) is 7.44. The monoisotopic (exact) mass is 287 g/mol. The molecule has 1 heterocycles. The van der Waals surface area contributed by atoms with Gasteiger partial charge in [0, 0.05) is 31.6 Å². The fourth-order valence-corrected chi connectivity index (χ4v) is 2.44. The Kier molecular flexibility index (Phi) is 6.22. The molecule has 7 nitrogen and oxygen atoms in total. The molecule has 116 valence electrons. The van der Waals surface area contributed by atoms with Crippen LogP contribution in [0.2, 0.25) is 0 Å². The molecule has 1 saturated heterocycles. The van der Waals surface area contributed by atoms with E-state index in [1.807, 2.05) is 19.0 Å². The number of amides is 2. The molecule has 1 aliphatic rings. The van der Waals surface area contributed by atoms with Gasteiger partial charge in [-0.3, -0.25) is 4.79 Å². The van der Waals surface area contributed by atoms with Crippen LogP contribution in [0.15, 0.2) is 0 Å². The van der Waals surface area contributed by atoms with E-state index in [1.165, 1.54) is 0 Å². The van der Waals surface area contributed by atoms with Crippen LogP contribution < -0.4 is 5.32 Å². The lowest BCUT2D eigenvalue weighted by molar-refractivity contribution is -0.137. The van der Waals surface area contributed by atoms with E-state index in [4.69, 9.17) is 5.11 Å². The first-order valence-corrected chi connectivity index (χ1v) is 6.91. The Morgan fingerprint density at radius 1 is 1.45 bits per heavy atom. The quantitative estimate of drug-likeness (QED) is 0.637. The van der Waals surface area contributed by atoms with E-state index in [0.717, 1.165) is 0 Å². The topological polar surface area (TPSA) is 93.1 Å². The summed E-state index contributed by atoms with van der Waals surface area (Å²) in [5.41, 5.74) is 0. The molecule has 7 heteroatoms. The molecule has 0 aromatic carbocycles. The summed E-state index contributed by atoms with van der Waals surface area (Å²) in [6.07, 6.45) is 0.524. The van der Waals surface area contributed by atoms with Crippen molar-refractivity contribution in [2.24, 2.45) is 0 Å². The number of hydrogen-bond donors (Lipinski definition) is 3. The molecule has 2 amide bonds. The van der Waals surface area contributed by atoms with E-state index in [9.17, 15) is 14.7 Å². The summed E-state index contributed by atoms with van der Waals surface area (Å²) in [6, 6.07) is -0.436. The minimum Gasteiger partial charge on any atom is -0.481 e. The summed E-state index contributed by atoms with van der Waals surface area (Å²) in [5.74, 6) is -0.867. The number of rotatable bonds is 6. The van der Waals surface area contributed by atoms with Crippen LogP contribution in [-0.2, 0) is 4.79 Å². The predicted octanol–water partition coefficient (Wildman–Crippen LogP) is -0.0539. The van der Waals surface area contributed by atoms with Gasteiger partial charge < -0.3 is 25.3 Å². The van der Waals surface area contributed by atoms with Crippen molar-refractivity contribution >= 4 is 12.0 Å². The molecule has 1 rings (SSSR count). The average molecular weight is 287 g/mol. The van der Waals surface area contributed by atoms with Gasteiger partial charge in [0.1, 0.15) is 0 Å². The number of β-amino-alcohol motifs (C(OH)–C–C–N with tert-alkyl or cyclic N) is 1. The summed E-state index contributed by atoms with van der Waals surface area (Å²) >= 11 is 0. The number of likely N-dealkylation sites (tertiary alicyclic amines) is 1. The van der Waals surface area contributed by atoms with Crippen LogP contribution in [0.3, 0.4) is 0 Å². The summed E-state index contributed by atoms with van der Waals surface area (Å²) in [7, 11) is 3.85.